The van der Waals surface area contributed by atoms with E-state index in [0.29, 0.717) is 27.6 Å². The topological polar surface area (TPSA) is 117 Å². The third-order valence-corrected chi connectivity index (χ3v) is 4.71. The Labute approximate surface area is 172 Å². The molecule has 1 aliphatic heterocycles. The molecule has 4 N–H and O–H groups in total. The Morgan fingerprint density at radius 3 is 2.62 bits per heavy atom. The van der Waals surface area contributed by atoms with Crippen molar-refractivity contribution in [3.8, 4) is 5.75 Å². The predicted molar refractivity (Wildman–Crippen MR) is 113 cm³/mol. The quantitative estimate of drug-likeness (QED) is 0.338. The van der Waals surface area contributed by atoms with Gasteiger partial charge in [-0.1, -0.05) is 38.1 Å². The van der Waals surface area contributed by atoms with Gasteiger partial charge in [0.1, 0.15) is 5.75 Å². The van der Waals surface area contributed by atoms with Crippen molar-refractivity contribution in [2.24, 2.45) is 5.92 Å². The highest BCUT2D eigenvalue weighted by atomic mass is 32.1. The number of non-ortho nitro benzene ring substituents is 1. The van der Waals surface area contributed by atoms with Gasteiger partial charge in [0.25, 0.3) is 11.6 Å². The summed E-state index contributed by atoms with van der Waals surface area (Å²) in [5.41, 5.74) is 1.63. The first-order valence-electron chi connectivity index (χ1n) is 8.93. The molecule has 0 spiro atoms. The number of phenols is 1. The van der Waals surface area contributed by atoms with Crippen molar-refractivity contribution in [1.29, 1.82) is 0 Å². The first-order valence-corrected chi connectivity index (χ1v) is 9.34. The summed E-state index contributed by atoms with van der Waals surface area (Å²) in [7, 11) is 0. The van der Waals surface area contributed by atoms with Crippen LogP contribution in [0.1, 0.15) is 25.5 Å². The minimum atomic E-state index is -0.680. The van der Waals surface area contributed by atoms with E-state index < -0.39 is 16.9 Å². The minimum Gasteiger partial charge on any atom is -0.508 e. The number of para-hydroxylation sites is 1. The van der Waals surface area contributed by atoms with Gasteiger partial charge >= 0.3 is 0 Å². The number of carbonyl (C=O) groups excluding carboxylic acids is 1. The van der Waals surface area contributed by atoms with Crippen LogP contribution in [0.2, 0.25) is 0 Å². The van der Waals surface area contributed by atoms with Crippen LogP contribution in [0.15, 0.2) is 59.8 Å². The van der Waals surface area contributed by atoms with Crippen molar-refractivity contribution in [3.63, 3.8) is 0 Å². The largest absolute Gasteiger partial charge is 0.508 e. The molecule has 0 aromatic heterocycles. The second-order valence-electron chi connectivity index (χ2n) is 6.83. The molecule has 1 atom stereocenters. The van der Waals surface area contributed by atoms with Gasteiger partial charge in [0.05, 0.1) is 16.5 Å². The monoisotopic (exact) mass is 412 g/mol. The van der Waals surface area contributed by atoms with Crippen LogP contribution in [0, 0.1) is 16.0 Å². The average Bonchev–Trinajstić information content (AvgIpc) is 2.67. The summed E-state index contributed by atoms with van der Waals surface area (Å²) in [6, 6.07) is 11.7. The van der Waals surface area contributed by atoms with Gasteiger partial charge in [-0.3, -0.25) is 14.9 Å². The van der Waals surface area contributed by atoms with Gasteiger partial charge in [-0.15, -0.1) is 0 Å². The molecule has 1 heterocycles. The Hall–Kier alpha value is -3.46. The van der Waals surface area contributed by atoms with E-state index in [-0.39, 0.29) is 17.4 Å². The van der Waals surface area contributed by atoms with Crippen LogP contribution in [-0.4, -0.2) is 21.0 Å². The number of rotatable bonds is 5. The molecule has 0 saturated heterocycles. The zero-order valence-corrected chi connectivity index (χ0v) is 16.6. The van der Waals surface area contributed by atoms with Gasteiger partial charge in [-0.25, -0.2) is 0 Å². The number of nitro groups is 1. The van der Waals surface area contributed by atoms with Crippen LogP contribution in [-0.2, 0) is 4.79 Å². The molecule has 3 rings (SSSR count). The Kier molecular flexibility index (Phi) is 5.79. The summed E-state index contributed by atoms with van der Waals surface area (Å²) in [5.74, 6) is -0.488. The van der Waals surface area contributed by atoms with Gasteiger partial charge < -0.3 is 21.1 Å². The zero-order valence-electron chi connectivity index (χ0n) is 15.8. The highest BCUT2D eigenvalue weighted by Crippen LogP contribution is 2.34. The lowest BCUT2D eigenvalue weighted by atomic mass is 9.90. The maximum absolute atomic E-state index is 13.2. The number of hydrogen-bond acceptors (Lipinski definition) is 5. The SMILES string of the molecule is CC(C)C1=C(C(=O)Nc2cccc([N+](=O)[O-])c2)C(c2ccccc2O)NC(=S)N1. The number of amides is 1. The van der Waals surface area contributed by atoms with Gasteiger partial charge in [-0.2, -0.15) is 0 Å². The fourth-order valence-corrected chi connectivity index (χ4v) is 3.38. The Bertz CT molecular complexity index is 1020. The lowest BCUT2D eigenvalue weighted by Gasteiger charge is -2.33. The number of allylic oxidation sites excluding steroid dienone is 1. The van der Waals surface area contributed by atoms with Gasteiger partial charge in [-0.05, 0) is 30.3 Å². The summed E-state index contributed by atoms with van der Waals surface area (Å²) in [6.07, 6.45) is 0. The van der Waals surface area contributed by atoms with E-state index in [4.69, 9.17) is 12.2 Å². The van der Waals surface area contributed by atoms with Crippen LogP contribution < -0.4 is 16.0 Å². The van der Waals surface area contributed by atoms with Crippen molar-refractivity contribution in [2.75, 3.05) is 5.32 Å². The van der Waals surface area contributed by atoms with Gasteiger partial charge in [0.2, 0.25) is 0 Å². The highest BCUT2D eigenvalue weighted by molar-refractivity contribution is 7.80. The number of anilines is 1. The maximum atomic E-state index is 13.2. The number of nitrogens with one attached hydrogen (secondary N) is 3. The number of nitrogens with zero attached hydrogens (tertiary/aromatic N) is 1. The molecular weight excluding hydrogens is 392 g/mol. The molecule has 0 saturated carbocycles. The Morgan fingerprint density at radius 2 is 1.97 bits per heavy atom. The van der Waals surface area contributed by atoms with Crippen molar-refractivity contribution < 1.29 is 14.8 Å². The summed E-state index contributed by atoms with van der Waals surface area (Å²) < 4.78 is 0. The van der Waals surface area contributed by atoms with Crippen LogP contribution in [0.4, 0.5) is 11.4 Å². The van der Waals surface area contributed by atoms with E-state index >= 15 is 0 Å². The second-order valence-corrected chi connectivity index (χ2v) is 7.24. The van der Waals surface area contributed by atoms with E-state index in [0.717, 1.165) is 0 Å². The minimum absolute atomic E-state index is 0.0263. The first-order chi connectivity index (χ1) is 13.8. The maximum Gasteiger partial charge on any atom is 0.271 e. The van der Waals surface area contributed by atoms with Crippen LogP contribution in [0.5, 0.6) is 5.75 Å². The third-order valence-electron chi connectivity index (χ3n) is 4.49. The standard InChI is InChI=1S/C20H20N4O4S/c1-11(2)17-16(19(26)21-12-6-5-7-13(10-12)24(27)28)18(23-20(29)22-17)14-8-3-4-9-15(14)25/h3-11,18,25H,1-2H3,(H,21,26)(H2,22,23,29). The van der Waals surface area contributed by atoms with Crippen LogP contribution in [0.3, 0.4) is 0 Å². The van der Waals surface area contributed by atoms with Gasteiger partial charge in [0.15, 0.2) is 5.11 Å². The molecule has 8 nitrogen and oxygen atoms in total. The van der Waals surface area contributed by atoms with E-state index in [1.54, 1.807) is 24.3 Å². The molecule has 1 unspecified atom stereocenters. The van der Waals surface area contributed by atoms with Gasteiger partial charge in [0, 0.05) is 29.1 Å². The number of carbonyl (C=O) groups is 1. The Morgan fingerprint density at radius 1 is 1.24 bits per heavy atom. The molecule has 0 bridgehead atoms. The summed E-state index contributed by atoms with van der Waals surface area (Å²) in [5, 5.41) is 30.5. The summed E-state index contributed by atoms with van der Waals surface area (Å²) >= 11 is 5.29. The number of thiocarbonyl (C=S) groups is 1. The molecule has 0 aliphatic carbocycles. The van der Waals surface area contributed by atoms with Crippen LogP contribution in [0.25, 0.3) is 0 Å². The van der Waals surface area contributed by atoms with Crippen LogP contribution >= 0.6 is 12.2 Å². The molecule has 150 valence electrons. The molecule has 2 aromatic rings. The lowest BCUT2D eigenvalue weighted by Crippen LogP contribution is -2.47. The van der Waals surface area contributed by atoms with E-state index in [1.165, 1.54) is 24.3 Å². The molecular formula is C20H20N4O4S. The number of nitro benzene ring substituents is 1. The molecule has 0 fully saturated rings. The second kappa shape index (κ2) is 8.27. The average molecular weight is 412 g/mol. The smallest absolute Gasteiger partial charge is 0.271 e. The van der Waals surface area contributed by atoms with E-state index in [1.807, 2.05) is 13.8 Å². The number of aromatic hydroxyl groups is 1. The first kappa shape index (κ1) is 20.3. The normalized spacial score (nSPS) is 16.2. The third kappa shape index (κ3) is 4.35. The number of hydrogen-bond donors (Lipinski definition) is 4. The van der Waals surface area contributed by atoms with E-state index in [9.17, 15) is 20.0 Å². The molecule has 1 aliphatic rings. The molecule has 9 heteroatoms. The molecule has 0 radical (unpaired) electrons. The molecule has 1 amide bonds. The highest BCUT2D eigenvalue weighted by Gasteiger charge is 2.33. The molecule has 2 aromatic carbocycles. The molecule has 29 heavy (non-hydrogen) atoms. The predicted octanol–water partition coefficient (Wildman–Crippen LogP) is 3.37. The Balaban J connectivity index is 2.05. The fraction of sp³-hybridized carbons (Fsp3) is 0.200. The van der Waals surface area contributed by atoms with E-state index in [2.05, 4.69) is 16.0 Å². The van der Waals surface area contributed by atoms with Crippen molar-refractivity contribution in [2.45, 2.75) is 19.9 Å². The van der Waals surface area contributed by atoms with Crippen molar-refractivity contribution in [3.05, 3.63) is 75.5 Å². The zero-order chi connectivity index (χ0) is 21.1. The number of benzene rings is 2. The van der Waals surface area contributed by atoms with Crippen molar-refractivity contribution >= 4 is 34.6 Å². The summed E-state index contributed by atoms with van der Waals surface area (Å²) in [6.45, 7) is 3.83. The van der Waals surface area contributed by atoms with Crippen molar-refractivity contribution in [1.82, 2.24) is 10.6 Å². The lowest BCUT2D eigenvalue weighted by molar-refractivity contribution is -0.384. The summed E-state index contributed by atoms with van der Waals surface area (Å²) in [4.78, 5) is 23.7. The fourth-order valence-electron chi connectivity index (χ4n) is 3.15. The number of phenolic OH excluding ortho intramolecular Hbond substituents is 1.